The molecule has 4 heteroatoms. The summed E-state index contributed by atoms with van der Waals surface area (Å²) in [7, 11) is 1.63. The average Bonchev–Trinajstić information content (AvgIpc) is 2.49. The van der Waals surface area contributed by atoms with Crippen molar-refractivity contribution in [1.82, 2.24) is 10.3 Å². The highest BCUT2D eigenvalue weighted by atomic mass is 35.5. The summed E-state index contributed by atoms with van der Waals surface area (Å²) in [4.78, 5) is 4.51. The highest BCUT2D eigenvalue weighted by Crippen LogP contribution is 2.30. The molecule has 1 aromatic carbocycles. The summed E-state index contributed by atoms with van der Waals surface area (Å²) in [6.45, 7) is 5.14. The van der Waals surface area contributed by atoms with Gasteiger partial charge in [-0.05, 0) is 55.3 Å². The monoisotopic (exact) mass is 304 g/mol. The Bertz CT molecular complexity index is 601. The highest BCUT2D eigenvalue weighted by molar-refractivity contribution is 6.32. The van der Waals surface area contributed by atoms with Gasteiger partial charge in [0.15, 0.2) is 0 Å². The minimum atomic E-state index is 0.0380. The summed E-state index contributed by atoms with van der Waals surface area (Å²) in [5, 5.41) is 4.16. The van der Waals surface area contributed by atoms with Crippen LogP contribution in [0.15, 0.2) is 36.5 Å². The van der Waals surface area contributed by atoms with Gasteiger partial charge in [-0.3, -0.25) is 4.98 Å². The minimum Gasteiger partial charge on any atom is -0.495 e. The molecular weight excluding hydrogens is 284 g/mol. The van der Waals surface area contributed by atoms with E-state index in [0.29, 0.717) is 10.8 Å². The number of pyridine rings is 1. The van der Waals surface area contributed by atoms with Crippen molar-refractivity contribution in [2.45, 2.75) is 26.3 Å². The number of aromatic nitrogens is 1. The molecule has 1 heterocycles. The van der Waals surface area contributed by atoms with Gasteiger partial charge < -0.3 is 10.1 Å². The number of hydrogen-bond donors (Lipinski definition) is 1. The number of halogens is 1. The van der Waals surface area contributed by atoms with Gasteiger partial charge in [0.05, 0.1) is 23.9 Å². The summed E-state index contributed by atoms with van der Waals surface area (Å²) in [6.07, 6.45) is 2.91. The Balaban J connectivity index is 2.40. The van der Waals surface area contributed by atoms with Gasteiger partial charge in [-0.15, -0.1) is 0 Å². The molecule has 0 aliphatic carbocycles. The zero-order valence-corrected chi connectivity index (χ0v) is 13.4. The van der Waals surface area contributed by atoms with E-state index in [1.807, 2.05) is 30.5 Å². The van der Waals surface area contributed by atoms with Crippen molar-refractivity contribution in [2.75, 3.05) is 13.7 Å². The van der Waals surface area contributed by atoms with Gasteiger partial charge in [-0.25, -0.2) is 0 Å². The van der Waals surface area contributed by atoms with Gasteiger partial charge in [0, 0.05) is 6.20 Å². The Morgan fingerprint density at radius 1 is 1.29 bits per heavy atom. The maximum atomic E-state index is 6.12. The lowest BCUT2D eigenvalue weighted by atomic mass is 10.0. The molecule has 0 bridgehead atoms. The standard InChI is InChI=1S/C17H21ClN2O/c1-4-8-20-17(15-10-12(2)7-9-19-15)13-5-6-14(18)16(11-13)21-3/h5-7,9-11,17,20H,4,8H2,1-3H3. The van der Waals surface area contributed by atoms with E-state index < -0.39 is 0 Å². The summed E-state index contributed by atoms with van der Waals surface area (Å²) < 4.78 is 5.32. The first kappa shape index (κ1) is 15.8. The molecule has 3 nitrogen and oxygen atoms in total. The van der Waals surface area contributed by atoms with Crippen LogP contribution in [-0.2, 0) is 0 Å². The van der Waals surface area contributed by atoms with Crippen LogP contribution in [0.1, 0.15) is 36.2 Å². The molecule has 0 aliphatic heterocycles. The second-order valence-electron chi connectivity index (χ2n) is 5.04. The highest BCUT2D eigenvalue weighted by Gasteiger charge is 2.16. The van der Waals surface area contributed by atoms with Gasteiger partial charge in [-0.1, -0.05) is 24.6 Å². The molecule has 112 valence electrons. The van der Waals surface area contributed by atoms with Crippen molar-refractivity contribution < 1.29 is 4.74 Å². The van der Waals surface area contributed by atoms with Crippen LogP contribution in [-0.4, -0.2) is 18.6 Å². The first-order valence-corrected chi connectivity index (χ1v) is 7.53. The third-order valence-corrected chi connectivity index (χ3v) is 3.65. The van der Waals surface area contributed by atoms with E-state index in [1.54, 1.807) is 7.11 Å². The van der Waals surface area contributed by atoms with Crippen molar-refractivity contribution in [2.24, 2.45) is 0 Å². The quantitative estimate of drug-likeness (QED) is 0.871. The summed E-state index contributed by atoms with van der Waals surface area (Å²) in [6, 6.07) is 10.0. The summed E-state index contributed by atoms with van der Waals surface area (Å²) >= 11 is 6.12. The van der Waals surface area contributed by atoms with Gasteiger partial charge in [0.2, 0.25) is 0 Å². The lowest BCUT2D eigenvalue weighted by Crippen LogP contribution is -2.24. The van der Waals surface area contributed by atoms with Crippen molar-refractivity contribution >= 4 is 11.6 Å². The smallest absolute Gasteiger partial charge is 0.137 e. The molecule has 2 aromatic rings. The van der Waals surface area contributed by atoms with E-state index in [-0.39, 0.29) is 6.04 Å². The molecule has 0 saturated heterocycles. The van der Waals surface area contributed by atoms with Crippen LogP contribution in [0.3, 0.4) is 0 Å². The molecule has 0 saturated carbocycles. The number of nitrogens with one attached hydrogen (secondary N) is 1. The molecule has 0 aliphatic rings. The first-order valence-electron chi connectivity index (χ1n) is 7.15. The van der Waals surface area contributed by atoms with E-state index in [0.717, 1.165) is 24.2 Å². The maximum absolute atomic E-state index is 6.12. The van der Waals surface area contributed by atoms with Crippen molar-refractivity contribution in [3.05, 3.63) is 58.4 Å². The first-order chi connectivity index (χ1) is 10.2. The number of ether oxygens (including phenoxy) is 1. The minimum absolute atomic E-state index is 0.0380. The van der Waals surface area contributed by atoms with Crippen LogP contribution in [0.5, 0.6) is 5.75 Å². The lowest BCUT2D eigenvalue weighted by molar-refractivity contribution is 0.413. The van der Waals surface area contributed by atoms with Crippen LogP contribution >= 0.6 is 11.6 Å². The fourth-order valence-corrected chi connectivity index (χ4v) is 2.45. The maximum Gasteiger partial charge on any atom is 0.137 e. The van der Waals surface area contributed by atoms with Crippen LogP contribution in [0.4, 0.5) is 0 Å². The molecular formula is C17H21ClN2O. The second-order valence-corrected chi connectivity index (χ2v) is 5.45. The molecule has 21 heavy (non-hydrogen) atoms. The number of hydrogen-bond acceptors (Lipinski definition) is 3. The molecule has 1 unspecified atom stereocenters. The Morgan fingerprint density at radius 2 is 2.10 bits per heavy atom. The van der Waals surface area contributed by atoms with Crippen LogP contribution in [0, 0.1) is 6.92 Å². The van der Waals surface area contributed by atoms with E-state index in [9.17, 15) is 0 Å². The van der Waals surface area contributed by atoms with Crippen molar-refractivity contribution in [3.63, 3.8) is 0 Å². The number of methoxy groups -OCH3 is 1. The number of nitrogens with zero attached hydrogens (tertiary/aromatic N) is 1. The SMILES string of the molecule is CCCNC(c1ccc(Cl)c(OC)c1)c1cc(C)ccn1. The fourth-order valence-electron chi connectivity index (χ4n) is 2.26. The molecule has 0 spiro atoms. The largest absolute Gasteiger partial charge is 0.495 e. The third kappa shape index (κ3) is 3.96. The number of rotatable bonds is 6. The van der Waals surface area contributed by atoms with Crippen molar-refractivity contribution in [1.29, 1.82) is 0 Å². The normalized spacial score (nSPS) is 12.2. The van der Waals surface area contributed by atoms with E-state index >= 15 is 0 Å². The van der Waals surface area contributed by atoms with Gasteiger partial charge in [0.25, 0.3) is 0 Å². The van der Waals surface area contributed by atoms with E-state index in [4.69, 9.17) is 16.3 Å². The Kier molecular flexibility index (Phi) is 5.59. The summed E-state index contributed by atoms with van der Waals surface area (Å²) in [5.74, 6) is 0.685. The van der Waals surface area contributed by atoms with Crippen LogP contribution < -0.4 is 10.1 Å². The van der Waals surface area contributed by atoms with E-state index in [1.165, 1.54) is 5.56 Å². The topological polar surface area (TPSA) is 34.1 Å². The fraction of sp³-hybridized carbons (Fsp3) is 0.353. The Labute approximate surface area is 131 Å². The van der Waals surface area contributed by atoms with Gasteiger partial charge >= 0.3 is 0 Å². The molecule has 1 atom stereocenters. The van der Waals surface area contributed by atoms with E-state index in [2.05, 4.69) is 30.2 Å². The third-order valence-electron chi connectivity index (χ3n) is 3.34. The molecule has 1 N–H and O–H groups in total. The predicted octanol–water partition coefficient (Wildman–Crippen LogP) is 4.14. The van der Waals surface area contributed by atoms with Crippen LogP contribution in [0.2, 0.25) is 5.02 Å². The average molecular weight is 305 g/mol. The molecule has 0 amide bonds. The number of aryl methyl sites for hydroxylation is 1. The number of benzene rings is 1. The molecule has 0 radical (unpaired) electrons. The Morgan fingerprint density at radius 3 is 2.76 bits per heavy atom. The molecule has 2 rings (SSSR count). The lowest BCUT2D eigenvalue weighted by Gasteiger charge is -2.20. The zero-order valence-electron chi connectivity index (χ0n) is 12.7. The second kappa shape index (κ2) is 7.43. The summed E-state index contributed by atoms with van der Waals surface area (Å²) in [5.41, 5.74) is 3.31. The molecule has 1 aromatic heterocycles. The van der Waals surface area contributed by atoms with Gasteiger partial charge in [-0.2, -0.15) is 0 Å². The van der Waals surface area contributed by atoms with Gasteiger partial charge in [0.1, 0.15) is 5.75 Å². The van der Waals surface area contributed by atoms with Crippen molar-refractivity contribution in [3.8, 4) is 5.75 Å². The zero-order chi connectivity index (χ0) is 15.2. The predicted molar refractivity (Wildman–Crippen MR) is 87.1 cm³/mol. The molecule has 0 fully saturated rings. The Hall–Kier alpha value is -1.58. The van der Waals surface area contributed by atoms with Crippen LogP contribution in [0.25, 0.3) is 0 Å².